The van der Waals surface area contributed by atoms with E-state index in [1.165, 1.54) is 6.92 Å². The van der Waals surface area contributed by atoms with E-state index in [0.29, 0.717) is 12.8 Å². The molecule has 176 valence electrons. The maximum atomic E-state index is 13.5. The molecule has 1 fully saturated rings. The SMILES string of the molecule is C=CC[Si](C)(C)C[C@@H]1C[C@H](OC(C)=O)[C@H](Cc2ccccc2)N1C(=O)OCc1ccccc1. The normalized spacial score (nSPS) is 20.3. The third-order valence-electron chi connectivity index (χ3n) is 6.19. The van der Waals surface area contributed by atoms with Crippen molar-refractivity contribution in [1.82, 2.24) is 4.90 Å². The molecule has 1 amide bonds. The third kappa shape index (κ3) is 7.06. The summed E-state index contributed by atoms with van der Waals surface area (Å²) in [6.45, 7) is 10.2. The Morgan fingerprint density at radius 1 is 1.06 bits per heavy atom. The van der Waals surface area contributed by atoms with Crippen LogP contribution in [0.2, 0.25) is 25.2 Å². The first-order valence-electron chi connectivity index (χ1n) is 11.6. The Morgan fingerprint density at radius 3 is 2.24 bits per heavy atom. The monoisotopic (exact) mass is 465 g/mol. The van der Waals surface area contributed by atoms with Gasteiger partial charge in [0.05, 0.1) is 14.1 Å². The first-order chi connectivity index (χ1) is 15.8. The topological polar surface area (TPSA) is 55.8 Å². The van der Waals surface area contributed by atoms with Crippen molar-refractivity contribution in [1.29, 1.82) is 0 Å². The second kappa shape index (κ2) is 11.3. The van der Waals surface area contributed by atoms with Crippen LogP contribution in [0.25, 0.3) is 0 Å². The van der Waals surface area contributed by atoms with Gasteiger partial charge in [-0.05, 0) is 29.6 Å². The Hall–Kier alpha value is -2.86. The number of hydrogen-bond donors (Lipinski definition) is 0. The molecule has 33 heavy (non-hydrogen) atoms. The first kappa shape index (κ1) is 24.8. The molecule has 0 N–H and O–H groups in total. The van der Waals surface area contributed by atoms with E-state index in [-0.39, 0.29) is 36.9 Å². The molecule has 1 heterocycles. The van der Waals surface area contributed by atoms with Crippen molar-refractivity contribution < 1.29 is 19.1 Å². The van der Waals surface area contributed by atoms with Crippen LogP contribution in [0.4, 0.5) is 4.79 Å². The summed E-state index contributed by atoms with van der Waals surface area (Å²) in [5, 5.41) is 0. The fourth-order valence-corrected chi connectivity index (χ4v) is 7.37. The van der Waals surface area contributed by atoms with E-state index >= 15 is 0 Å². The molecular weight excluding hydrogens is 430 g/mol. The predicted octanol–water partition coefficient (Wildman–Crippen LogP) is 5.83. The van der Waals surface area contributed by atoms with Crippen LogP contribution in [-0.4, -0.2) is 43.2 Å². The summed E-state index contributed by atoms with van der Waals surface area (Å²) >= 11 is 0. The second-order valence-corrected chi connectivity index (χ2v) is 14.7. The van der Waals surface area contributed by atoms with Crippen LogP contribution in [-0.2, 0) is 27.3 Å². The maximum absolute atomic E-state index is 13.5. The van der Waals surface area contributed by atoms with Gasteiger partial charge >= 0.3 is 12.1 Å². The zero-order valence-corrected chi connectivity index (χ0v) is 20.9. The number of hydrogen-bond acceptors (Lipinski definition) is 4. The molecule has 2 aromatic carbocycles. The molecule has 0 aromatic heterocycles. The van der Waals surface area contributed by atoms with Crippen LogP contribution < -0.4 is 0 Å². The molecule has 3 rings (SSSR count). The molecule has 0 aliphatic carbocycles. The average molecular weight is 466 g/mol. The molecule has 0 unspecified atom stereocenters. The smallest absolute Gasteiger partial charge is 0.410 e. The van der Waals surface area contributed by atoms with Gasteiger partial charge in [-0.15, -0.1) is 6.58 Å². The summed E-state index contributed by atoms with van der Waals surface area (Å²) in [6, 6.07) is 21.3. The van der Waals surface area contributed by atoms with E-state index in [9.17, 15) is 9.59 Å². The Kier molecular flexibility index (Phi) is 8.50. The molecular formula is C27H35NO4Si. The lowest BCUT2D eigenvalue weighted by atomic mass is 10.0. The number of amides is 1. The van der Waals surface area contributed by atoms with Crippen molar-refractivity contribution in [3.8, 4) is 0 Å². The van der Waals surface area contributed by atoms with E-state index in [1.54, 1.807) is 0 Å². The summed E-state index contributed by atoms with van der Waals surface area (Å²) in [6.07, 6.45) is 2.52. The second-order valence-electron chi connectivity index (χ2n) is 9.60. The molecule has 1 aliphatic rings. The van der Waals surface area contributed by atoms with Crippen LogP contribution >= 0.6 is 0 Å². The van der Waals surface area contributed by atoms with Crippen molar-refractivity contribution in [2.45, 2.75) is 69.7 Å². The molecule has 0 radical (unpaired) electrons. The highest BCUT2D eigenvalue weighted by atomic mass is 28.3. The molecule has 0 spiro atoms. The van der Waals surface area contributed by atoms with E-state index in [2.05, 4.69) is 19.7 Å². The summed E-state index contributed by atoms with van der Waals surface area (Å²) in [7, 11) is -1.64. The molecule has 1 saturated heterocycles. The molecule has 3 atom stereocenters. The third-order valence-corrected chi connectivity index (χ3v) is 9.16. The number of allylic oxidation sites excluding steroid dienone is 1. The number of benzene rings is 2. The number of ether oxygens (including phenoxy) is 2. The number of nitrogens with zero attached hydrogens (tertiary/aromatic N) is 1. The van der Waals surface area contributed by atoms with Crippen molar-refractivity contribution in [2.24, 2.45) is 0 Å². The van der Waals surface area contributed by atoms with Crippen molar-refractivity contribution >= 4 is 20.1 Å². The number of carbonyl (C=O) groups excluding carboxylic acids is 2. The molecule has 0 bridgehead atoms. The van der Waals surface area contributed by atoms with Gasteiger partial charge in [-0.2, -0.15) is 0 Å². The minimum atomic E-state index is -1.64. The summed E-state index contributed by atoms with van der Waals surface area (Å²) < 4.78 is 11.5. The Labute approximate surface area is 198 Å². The van der Waals surface area contributed by atoms with Gasteiger partial charge in [-0.25, -0.2) is 4.79 Å². The van der Waals surface area contributed by atoms with Crippen LogP contribution in [0.1, 0.15) is 24.5 Å². The number of carbonyl (C=O) groups is 2. The quantitative estimate of drug-likeness (QED) is 0.265. The fraction of sp³-hybridized carbons (Fsp3) is 0.407. The number of rotatable bonds is 9. The zero-order valence-electron chi connectivity index (χ0n) is 19.9. The lowest BCUT2D eigenvalue weighted by Crippen LogP contribution is -2.47. The highest BCUT2D eigenvalue weighted by molar-refractivity contribution is 6.77. The minimum Gasteiger partial charge on any atom is -0.460 e. The van der Waals surface area contributed by atoms with Crippen LogP contribution in [0, 0.1) is 0 Å². The maximum Gasteiger partial charge on any atom is 0.410 e. The average Bonchev–Trinajstić information content (AvgIpc) is 3.08. The highest BCUT2D eigenvalue weighted by Gasteiger charge is 2.47. The Morgan fingerprint density at radius 2 is 1.67 bits per heavy atom. The molecule has 6 heteroatoms. The van der Waals surface area contributed by atoms with E-state index in [0.717, 1.165) is 23.2 Å². The van der Waals surface area contributed by atoms with Gasteiger partial charge in [-0.1, -0.05) is 79.8 Å². The fourth-order valence-electron chi connectivity index (χ4n) is 4.79. The molecule has 0 saturated carbocycles. The lowest BCUT2D eigenvalue weighted by Gasteiger charge is -2.33. The van der Waals surface area contributed by atoms with Crippen molar-refractivity contribution in [3.63, 3.8) is 0 Å². The largest absolute Gasteiger partial charge is 0.460 e. The standard InChI is InChI=1S/C27H35NO4Si/c1-5-16-33(3,4)20-24-18-26(32-21(2)29)25(17-22-12-8-6-9-13-22)28(24)27(30)31-19-23-14-10-7-11-15-23/h5-15,24-26H,1,16-20H2,2-4H3/t24-,25-,26-/m0/s1. The van der Waals surface area contributed by atoms with Gasteiger partial charge in [0.25, 0.3) is 0 Å². The Balaban J connectivity index is 1.88. The molecule has 5 nitrogen and oxygen atoms in total. The van der Waals surface area contributed by atoms with Gasteiger partial charge in [0.1, 0.15) is 12.7 Å². The van der Waals surface area contributed by atoms with Crippen LogP contribution in [0.3, 0.4) is 0 Å². The Bertz CT molecular complexity index is 932. The van der Waals surface area contributed by atoms with Gasteiger partial charge in [0.15, 0.2) is 0 Å². The van der Waals surface area contributed by atoms with Crippen LogP contribution in [0.15, 0.2) is 73.3 Å². The van der Waals surface area contributed by atoms with Gasteiger partial charge < -0.3 is 9.47 Å². The van der Waals surface area contributed by atoms with Crippen molar-refractivity contribution in [3.05, 3.63) is 84.4 Å². The van der Waals surface area contributed by atoms with E-state index in [4.69, 9.17) is 9.47 Å². The van der Waals surface area contributed by atoms with Gasteiger partial charge in [0, 0.05) is 19.4 Å². The highest BCUT2D eigenvalue weighted by Crippen LogP contribution is 2.36. The predicted molar refractivity (Wildman–Crippen MR) is 134 cm³/mol. The first-order valence-corrected chi connectivity index (χ1v) is 15.0. The van der Waals surface area contributed by atoms with Crippen LogP contribution in [0.5, 0.6) is 0 Å². The van der Waals surface area contributed by atoms with E-state index in [1.807, 2.05) is 71.6 Å². The molecule has 1 aliphatic heterocycles. The minimum absolute atomic E-state index is 0.0343. The zero-order chi connectivity index (χ0) is 23.8. The van der Waals surface area contributed by atoms with Gasteiger partial charge in [0.2, 0.25) is 0 Å². The van der Waals surface area contributed by atoms with Gasteiger partial charge in [-0.3, -0.25) is 9.69 Å². The summed E-state index contributed by atoms with van der Waals surface area (Å²) in [5.74, 6) is -0.320. The molecule has 2 aromatic rings. The number of likely N-dealkylation sites (tertiary alicyclic amines) is 1. The summed E-state index contributed by atoms with van der Waals surface area (Å²) in [5.41, 5.74) is 2.04. The van der Waals surface area contributed by atoms with E-state index < -0.39 is 8.07 Å². The van der Waals surface area contributed by atoms with Crippen molar-refractivity contribution in [2.75, 3.05) is 0 Å². The summed E-state index contributed by atoms with van der Waals surface area (Å²) in [4.78, 5) is 27.2. The number of esters is 1. The lowest BCUT2D eigenvalue weighted by molar-refractivity contribution is -0.147.